The highest BCUT2D eigenvalue weighted by atomic mass is 35.5. The monoisotopic (exact) mass is 378 g/mol. The zero-order chi connectivity index (χ0) is 17.8. The quantitative estimate of drug-likeness (QED) is 0.600. The second-order valence-corrected chi connectivity index (χ2v) is 7.64. The summed E-state index contributed by atoms with van der Waals surface area (Å²) >= 11 is 7.71. The molecule has 4 heteroatoms. The molecule has 130 valence electrons. The van der Waals surface area contributed by atoms with Crippen molar-refractivity contribution in [1.82, 2.24) is 5.32 Å². The molecule has 0 aromatic heterocycles. The molecule has 3 aromatic carbocycles. The Bertz CT molecular complexity index is 879. The van der Waals surface area contributed by atoms with E-state index in [4.69, 9.17) is 16.6 Å². The van der Waals surface area contributed by atoms with Crippen LogP contribution >= 0.6 is 23.4 Å². The Morgan fingerprint density at radius 2 is 1.42 bits per heavy atom. The highest BCUT2D eigenvalue weighted by Gasteiger charge is 2.31. The van der Waals surface area contributed by atoms with Gasteiger partial charge in [0.15, 0.2) is 5.17 Å². The number of halogens is 1. The molecule has 1 aliphatic heterocycles. The molecule has 0 bridgehead atoms. The first-order valence-corrected chi connectivity index (χ1v) is 9.97. The molecule has 26 heavy (non-hydrogen) atoms. The number of thioether (sulfide) groups is 1. The number of nitrogens with zero attached hydrogens (tertiary/aromatic N) is 1. The van der Waals surface area contributed by atoms with E-state index in [9.17, 15) is 0 Å². The molecule has 0 saturated heterocycles. The van der Waals surface area contributed by atoms with E-state index in [1.165, 1.54) is 16.7 Å². The van der Waals surface area contributed by atoms with Crippen LogP contribution in [0.2, 0.25) is 5.02 Å². The van der Waals surface area contributed by atoms with Crippen molar-refractivity contribution in [2.24, 2.45) is 4.99 Å². The fourth-order valence-electron chi connectivity index (χ4n) is 3.10. The lowest BCUT2D eigenvalue weighted by molar-refractivity contribution is 0.573. The first-order chi connectivity index (χ1) is 12.8. The molecule has 1 N–H and O–H groups in total. The Morgan fingerprint density at radius 3 is 2.08 bits per heavy atom. The van der Waals surface area contributed by atoms with Crippen LogP contribution in [0.25, 0.3) is 0 Å². The van der Waals surface area contributed by atoms with Crippen molar-refractivity contribution >= 4 is 28.5 Å². The summed E-state index contributed by atoms with van der Waals surface area (Å²) in [4.78, 5) is 4.99. The maximum absolute atomic E-state index is 5.97. The van der Waals surface area contributed by atoms with Crippen molar-refractivity contribution in [2.75, 3.05) is 0 Å². The van der Waals surface area contributed by atoms with Gasteiger partial charge in [-0.2, -0.15) is 0 Å². The molecule has 2 atom stereocenters. The number of nitrogens with one attached hydrogen (secondary N) is 1. The van der Waals surface area contributed by atoms with Gasteiger partial charge in [-0.05, 0) is 28.8 Å². The molecule has 2 unspecified atom stereocenters. The Balaban J connectivity index is 1.55. The fourth-order valence-corrected chi connectivity index (χ4v) is 4.12. The minimum atomic E-state index is 0.0892. The maximum atomic E-state index is 5.97. The van der Waals surface area contributed by atoms with Crippen molar-refractivity contribution in [3.8, 4) is 0 Å². The summed E-state index contributed by atoms with van der Waals surface area (Å²) < 4.78 is 0. The van der Waals surface area contributed by atoms with Crippen LogP contribution in [0, 0.1) is 0 Å². The van der Waals surface area contributed by atoms with Gasteiger partial charge in [-0.15, -0.1) is 0 Å². The smallest absolute Gasteiger partial charge is 0.158 e. The molecule has 1 aliphatic rings. The van der Waals surface area contributed by atoms with E-state index in [1.807, 2.05) is 24.3 Å². The van der Waals surface area contributed by atoms with Gasteiger partial charge < -0.3 is 5.32 Å². The van der Waals surface area contributed by atoms with Gasteiger partial charge in [-0.1, -0.05) is 96.2 Å². The topological polar surface area (TPSA) is 24.4 Å². The summed E-state index contributed by atoms with van der Waals surface area (Å²) in [5.41, 5.74) is 3.73. The second kappa shape index (κ2) is 7.98. The number of rotatable bonds is 4. The van der Waals surface area contributed by atoms with Gasteiger partial charge in [0.2, 0.25) is 0 Å². The molecule has 0 amide bonds. The molecule has 3 aromatic rings. The van der Waals surface area contributed by atoms with Crippen LogP contribution in [0.3, 0.4) is 0 Å². The van der Waals surface area contributed by atoms with Crippen LogP contribution in [-0.2, 0) is 5.75 Å². The summed E-state index contributed by atoms with van der Waals surface area (Å²) in [6.07, 6.45) is 0. The summed E-state index contributed by atoms with van der Waals surface area (Å²) in [7, 11) is 0. The third-order valence-corrected chi connectivity index (χ3v) is 5.67. The van der Waals surface area contributed by atoms with Gasteiger partial charge in [0.1, 0.15) is 6.04 Å². The molecule has 0 spiro atoms. The predicted octanol–water partition coefficient (Wildman–Crippen LogP) is 6.02. The second-order valence-electron chi connectivity index (χ2n) is 6.24. The molecular formula is C22H19ClN2S. The molecule has 0 fully saturated rings. The first kappa shape index (κ1) is 17.2. The van der Waals surface area contributed by atoms with Gasteiger partial charge in [-0.25, -0.2) is 0 Å². The molecule has 0 saturated carbocycles. The van der Waals surface area contributed by atoms with Crippen LogP contribution < -0.4 is 5.32 Å². The summed E-state index contributed by atoms with van der Waals surface area (Å²) in [5, 5.41) is 5.38. The number of benzene rings is 3. The van der Waals surface area contributed by atoms with Gasteiger partial charge in [0.05, 0.1) is 6.04 Å². The van der Waals surface area contributed by atoms with E-state index in [-0.39, 0.29) is 12.1 Å². The minimum absolute atomic E-state index is 0.0892. The zero-order valence-electron chi connectivity index (χ0n) is 14.2. The number of hydrogen-bond acceptors (Lipinski definition) is 3. The normalized spacial score (nSPS) is 19.0. The Morgan fingerprint density at radius 1 is 0.808 bits per heavy atom. The zero-order valence-corrected chi connectivity index (χ0v) is 15.8. The fraction of sp³-hybridized carbons (Fsp3) is 0.136. The van der Waals surface area contributed by atoms with Crippen molar-refractivity contribution < 1.29 is 0 Å². The Kier molecular flexibility index (Phi) is 5.28. The van der Waals surface area contributed by atoms with E-state index >= 15 is 0 Å². The lowest BCUT2D eigenvalue weighted by Crippen LogP contribution is -2.22. The predicted molar refractivity (Wildman–Crippen MR) is 112 cm³/mol. The van der Waals surface area contributed by atoms with Crippen LogP contribution in [0.4, 0.5) is 0 Å². The lowest BCUT2D eigenvalue weighted by atomic mass is 9.95. The Labute approximate surface area is 163 Å². The molecule has 2 nitrogen and oxygen atoms in total. The molecule has 0 aliphatic carbocycles. The third-order valence-electron chi connectivity index (χ3n) is 4.44. The largest absolute Gasteiger partial charge is 0.356 e. The van der Waals surface area contributed by atoms with Gasteiger partial charge in [-0.3, -0.25) is 4.99 Å². The highest BCUT2D eigenvalue weighted by Crippen LogP contribution is 2.38. The number of aliphatic imine (C=N–C) groups is 1. The first-order valence-electron chi connectivity index (χ1n) is 8.61. The van der Waals surface area contributed by atoms with E-state index < -0.39 is 0 Å². The SMILES string of the molecule is Clc1ccc(CSC2=NC(c3ccccc3)C(c3ccccc3)N2)cc1. The summed E-state index contributed by atoms with van der Waals surface area (Å²) in [6.45, 7) is 0. The van der Waals surface area contributed by atoms with Gasteiger partial charge >= 0.3 is 0 Å². The van der Waals surface area contributed by atoms with E-state index in [1.54, 1.807) is 11.8 Å². The lowest BCUT2D eigenvalue weighted by Gasteiger charge is -2.19. The van der Waals surface area contributed by atoms with Crippen molar-refractivity contribution in [3.05, 3.63) is 107 Å². The van der Waals surface area contributed by atoms with E-state index in [2.05, 4.69) is 66.0 Å². The summed E-state index contributed by atoms with van der Waals surface area (Å²) in [6, 6.07) is 29.3. The standard InChI is InChI=1S/C22H19ClN2S/c23-19-13-11-16(12-14-19)15-26-22-24-20(17-7-3-1-4-8-17)21(25-22)18-9-5-2-6-10-18/h1-14,20-21H,15H2,(H,24,25). The van der Waals surface area contributed by atoms with Crippen LogP contribution in [0.5, 0.6) is 0 Å². The molecular weight excluding hydrogens is 360 g/mol. The van der Waals surface area contributed by atoms with Crippen LogP contribution in [0.1, 0.15) is 28.8 Å². The highest BCUT2D eigenvalue weighted by molar-refractivity contribution is 8.13. The minimum Gasteiger partial charge on any atom is -0.356 e. The average Bonchev–Trinajstić information content (AvgIpc) is 3.13. The van der Waals surface area contributed by atoms with Crippen molar-refractivity contribution in [2.45, 2.75) is 17.8 Å². The molecule has 1 heterocycles. The van der Waals surface area contributed by atoms with Gasteiger partial charge in [0.25, 0.3) is 0 Å². The molecule has 4 rings (SSSR count). The summed E-state index contributed by atoms with van der Waals surface area (Å²) in [5.74, 6) is 0.867. The third kappa shape index (κ3) is 3.95. The van der Waals surface area contributed by atoms with Crippen molar-refractivity contribution in [3.63, 3.8) is 0 Å². The van der Waals surface area contributed by atoms with Crippen molar-refractivity contribution in [1.29, 1.82) is 0 Å². The van der Waals surface area contributed by atoms with Gasteiger partial charge in [0, 0.05) is 10.8 Å². The van der Waals surface area contributed by atoms with E-state index in [0.29, 0.717) is 0 Å². The van der Waals surface area contributed by atoms with Crippen LogP contribution in [-0.4, -0.2) is 5.17 Å². The number of hydrogen-bond donors (Lipinski definition) is 1. The van der Waals surface area contributed by atoms with E-state index in [0.717, 1.165) is 15.9 Å². The number of amidine groups is 1. The average molecular weight is 379 g/mol. The maximum Gasteiger partial charge on any atom is 0.158 e. The molecule has 0 radical (unpaired) electrons. The Hall–Kier alpha value is -2.23. The van der Waals surface area contributed by atoms with Crippen LogP contribution in [0.15, 0.2) is 89.9 Å².